The van der Waals surface area contributed by atoms with Gasteiger partial charge in [-0.2, -0.15) is 5.10 Å². The number of nitrogens with one attached hydrogen (secondary N) is 1. The van der Waals surface area contributed by atoms with Crippen LogP contribution in [0.5, 0.6) is 5.75 Å². The van der Waals surface area contributed by atoms with E-state index in [9.17, 15) is 4.79 Å². The predicted molar refractivity (Wildman–Crippen MR) is 83.9 cm³/mol. The van der Waals surface area contributed by atoms with Gasteiger partial charge in [-0.25, -0.2) is 0 Å². The summed E-state index contributed by atoms with van der Waals surface area (Å²) in [5.74, 6) is 0.882. The smallest absolute Gasteiger partial charge is 0.254 e. The fourth-order valence-corrected chi connectivity index (χ4v) is 2.61. The van der Waals surface area contributed by atoms with Gasteiger partial charge in [-0.15, -0.1) is 0 Å². The van der Waals surface area contributed by atoms with Crippen molar-refractivity contribution in [1.82, 2.24) is 15.1 Å². The van der Waals surface area contributed by atoms with Crippen LogP contribution < -0.4 is 4.74 Å². The summed E-state index contributed by atoms with van der Waals surface area (Å²) in [6, 6.07) is 7.43. The number of carbonyl (C=O) groups is 1. The third-order valence-electron chi connectivity index (χ3n) is 3.96. The molecule has 0 unspecified atom stereocenters. The first-order chi connectivity index (χ1) is 10.8. The van der Waals surface area contributed by atoms with Crippen molar-refractivity contribution >= 4 is 5.91 Å². The van der Waals surface area contributed by atoms with Gasteiger partial charge in [0.1, 0.15) is 5.75 Å². The van der Waals surface area contributed by atoms with E-state index in [1.54, 1.807) is 6.20 Å². The van der Waals surface area contributed by atoms with Gasteiger partial charge in [0.2, 0.25) is 0 Å². The topological polar surface area (TPSA) is 58.2 Å². The molecule has 1 aromatic heterocycles. The van der Waals surface area contributed by atoms with E-state index >= 15 is 0 Å². The number of aromatic amines is 1. The Morgan fingerprint density at radius 2 is 2.18 bits per heavy atom. The molecule has 0 atom stereocenters. The summed E-state index contributed by atoms with van der Waals surface area (Å²) < 4.78 is 5.63. The molecule has 3 rings (SSSR count). The zero-order valence-corrected chi connectivity index (χ0v) is 12.8. The lowest BCUT2D eigenvalue weighted by atomic mass is 10.1. The van der Waals surface area contributed by atoms with Gasteiger partial charge >= 0.3 is 0 Å². The maximum Gasteiger partial charge on any atom is 0.254 e. The Morgan fingerprint density at radius 3 is 2.95 bits per heavy atom. The van der Waals surface area contributed by atoms with E-state index in [0.717, 1.165) is 49.4 Å². The van der Waals surface area contributed by atoms with Crippen molar-refractivity contribution in [2.24, 2.45) is 0 Å². The summed E-state index contributed by atoms with van der Waals surface area (Å²) in [5, 5.41) is 7.02. The highest BCUT2D eigenvalue weighted by Gasteiger charge is 2.22. The number of hydrogen-bond acceptors (Lipinski definition) is 3. The summed E-state index contributed by atoms with van der Waals surface area (Å²) in [5.41, 5.74) is 2.96. The highest BCUT2D eigenvalue weighted by Crippen LogP contribution is 2.20. The second-order valence-electron chi connectivity index (χ2n) is 5.58. The van der Waals surface area contributed by atoms with Gasteiger partial charge in [0.05, 0.1) is 12.8 Å². The summed E-state index contributed by atoms with van der Waals surface area (Å²) >= 11 is 0. The molecule has 1 aromatic carbocycles. The van der Waals surface area contributed by atoms with Gasteiger partial charge in [-0.1, -0.05) is 13.3 Å². The van der Waals surface area contributed by atoms with Crippen LogP contribution in [0.2, 0.25) is 0 Å². The Kier molecular flexibility index (Phi) is 4.42. The molecule has 22 heavy (non-hydrogen) atoms. The van der Waals surface area contributed by atoms with Gasteiger partial charge in [0.25, 0.3) is 5.91 Å². The molecule has 0 fully saturated rings. The molecular weight excluding hydrogens is 278 g/mol. The van der Waals surface area contributed by atoms with Crippen molar-refractivity contribution in [3.05, 3.63) is 47.3 Å². The zero-order valence-electron chi connectivity index (χ0n) is 12.8. The number of hydrogen-bond donors (Lipinski definition) is 1. The molecule has 2 heterocycles. The number of H-pyrrole nitrogens is 1. The third-order valence-corrected chi connectivity index (χ3v) is 3.96. The number of fused-ring (bicyclic) bond motifs is 1. The number of aromatic nitrogens is 2. The van der Waals surface area contributed by atoms with E-state index < -0.39 is 0 Å². The van der Waals surface area contributed by atoms with Crippen LogP contribution in [-0.4, -0.2) is 34.2 Å². The van der Waals surface area contributed by atoms with Crippen LogP contribution in [0.15, 0.2) is 30.5 Å². The van der Waals surface area contributed by atoms with E-state index in [2.05, 4.69) is 17.1 Å². The predicted octanol–water partition coefficient (Wildman–Crippen LogP) is 2.79. The number of carbonyl (C=O) groups excluding carboxylic acids is 1. The van der Waals surface area contributed by atoms with E-state index in [4.69, 9.17) is 4.74 Å². The van der Waals surface area contributed by atoms with Crippen LogP contribution in [0.3, 0.4) is 0 Å². The first-order valence-electron chi connectivity index (χ1n) is 7.81. The van der Waals surface area contributed by atoms with E-state index in [1.165, 1.54) is 0 Å². The monoisotopic (exact) mass is 299 g/mol. The summed E-state index contributed by atoms with van der Waals surface area (Å²) in [4.78, 5) is 14.4. The normalized spacial score (nSPS) is 13.8. The van der Waals surface area contributed by atoms with Crippen molar-refractivity contribution in [3.8, 4) is 5.75 Å². The Hall–Kier alpha value is -2.30. The quantitative estimate of drug-likeness (QED) is 0.864. The first-order valence-corrected chi connectivity index (χ1v) is 7.81. The van der Waals surface area contributed by atoms with E-state index in [1.807, 2.05) is 29.2 Å². The number of unbranched alkanes of at least 4 members (excludes halogenated alkanes) is 1. The molecule has 5 heteroatoms. The zero-order chi connectivity index (χ0) is 15.4. The lowest BCUT2D eigenvalue weighted by molar-refractivity contribution is 0.0734. The molecule has 5 nitrogen and oxygen atoms in total. The van der Waals surface area contributed by atoms with Crippen LogP contribution in [0.25, 0.3) is 0 Å². The highest BCUT2D eigenvalue weighted by molar-refractivity contribution is 5.94. The van der Waals surface area contributed by atoms with Gasteiger partial charge < -0.3 is 9.64 Å². The SMILES string of the molecule is CCCCOc1ccc(C(=O)N2CCc3[nH]ncc3C2)cc1. The Balaban J connectivity index is 1.63. The lowest BCUT2D eigenvalue weighted by Crippen LogP contribution is -2.35. The lowest BCUT2D eigenvalue weighted by Gasteiger charge is -2.26. The molecule has 1 aliphatic heterocycles. The summed E-state index contributed by atoms with van der Waals surface area (Å²) in [6.07, 6.45) is 4.79. The van der Waals surface area contributed by atoms with Crippen LogP contribution in [0, 0.1) is 0 Å². The number of amides is 1. The minimum atomic E-state index is 0.0620. The molecule has 1 amide bonds. The fourth-order valence-electron chi connectivity index (χ4n) is 2.61. The molecule has 0 spiro atoms. The number of nitrogens with zero attached hydrogens (tertiary/aromatic N) is 2. The molecule has 0 saturated carbocycles. The summed E-state index contributed by atoms with van der Waals surface area (Å²) in [6.45, 7) is 4.20. The van der Waals surface area contributed by atoms with Crippen molar-refractivity contribution < 1.29 is 9.53 Å². The molecule has 0 radical (unpaired) electrons. The number of rotatable bonds is 5. The van der Waals surface area contributed by atoms with Crippen molar-refractivity contribution in [3.63, 3.8) is 0 Å². The molecule has 0 saturated heterocycles. The molecular formula is C17H21N3O2. The molecule has 1 N–H and O–H groups in total. The van der Waals surface area contributed by atoms with Crippen molar-refractivity contribution in [1.29, 1.82) is 0 Å². The molecule has 1 aliphatic rings. The Bertz CT molecular complexity index is 634. The number of benzene rings is 1. The maximum atomic E-state index is 12.6. The van der Waals surface area contributed by atoms with Crippen LogP contribution in [0.1, 0.15) is 41.4 Å². The minimum Gasteiger partial charge on any atom is -0.494 e. The van der Waals surface area contributed by atoms with Crippen LogP contribution in [0.4, 0.5) is 0 Å². The third kappa shape index (κ3) is 3.13. The van der Waals surface area contributed by atoms with Crippen LogP contribution in [-0.2, 0) is 13.0 Å². The highest BCUT2D eigenvalue weighted by atomic mass is 16.5. The largest absolute Gasteiger partial charge is 0.494 e. The molecule has 0 aliphatic carbocycles. The maximum absolute atomic E-state index is 12.6. The van der Waals surface area contributed by atoms with Gasteiger partial charge in [0, 0.05) is 36.3 Å². The second-order valence-corrected chi connectivity index (χ2v) is 5.58. The Labute approximate surface area is 130 Å². The van der Waals surface area contributed by atoms with Crippen molar-refractivity contribution in [2.45, 2.75) is 32.7 Å². The average molecular weight is 299 g/mol. The Morgan fingerprint density at radius 1 is 1.36 bits per heavy atom. The van der Waals surface area contributed by atoms with Gasteiger partial charge in [0.15, 0.2) is 0 Å². The molecule has 116 valence electrons. The fraction of sp³-hybridized carbons (Fsp3) is 0.412. The standard InChI is InChI=1S/C17H21N3O2/c1-2-3-10-22-15-6-4-13(5-7-15)17(21)20-9-8-16-14(12-20)11-18-19-16/h4-7,11H,2-3,8-10,12H2,1H3,(H,18,19). The minimum absolute atomic E-state index is 0.0620. The number of ether oxygens (including phenoxy) is 1. The first kappa shape index (κ1) is 14.6. The average Bonchev–Trinajstić information content (AvgIpc) is 3.02. The van der Waals surface area contributed by atoms with Gasteiger partial charge in [-0.05, 0) is 30.7 Å². The van der Waals surface area contributed by atoms with E-state index in [-0.39, 0.29) is 5.91 Å². The van der Waals surface area contributed by atoms with Crippen LogP contribution >= 0.6 is 0 Å². The second kappa shape index (κ2) is 6.64. The van der Waals surface area contributed by atoms with Gasteiger partial charge in [-0.3, -0.25) is 9.89 Å². The molecule has 0 bridgehead atoms. The van der Waals surface area contributed by atoms with Crippen molar-refractivity contribution in [2.75, 3.05) is 13.2 Å². The van der Waals surface area contributed by atoms with E-state index in [0.29, 0.717) is 12.1 Å². The molecule has 2 aromatic rings. The summed E-state index contributed by atoms with van der Waals surface area (Å²) in [7, 11) is 0.